The minimum Gasteiger partial charge on any atom is -0.304 e. The third-order valence-electron chi connectivity index (χ3n) is 6.72. The monoisotopic (exact) mass is 456 g/mol. The lowest BCUT2D eigenvalue weighted by Crippen LogP contribution is -2.38. The van der Waals surface area contributed by atoms with Crippen LogP contribution < -0.4 is 9.34 Å². The van der Waals surface area contributed by atoms with Gasteiger partial charge in [0.1, 0.15) is 5.78 Å². The van der Waals surface area contributed by atoms with E-state index in [-0.39, 0.29) is 5.78 Å². The van der Waals surface area contributed by atoms with Crippen molar-refractivity contribution in [3.63, 3.8) is 0 Å². The molecule has 6 heteroatoms. The largest absolute Gasteiger partial charge is 0.304 e. The Morgan fingerprint density at radius 1 is 0.697 bits per heavy atom. The molecule has 33 heavy (non-hydrogen) atoms. The van der Waals surface area contributed by atoms with E-state index in [2.05, 4.69) is 44.6 Å². The lowest BCUT2D eigenvalue weighted by Gasteiger charge is -2.44. The van der Waals surface area contributed by atoms with Crippen molar-refractivity contribution in [2.45, 2.75) is 25.0 Å². The molecule has 0 amide bonds. The van der Waals surface area contributed by atoms with Gasteiger partial charge in [-0.3, -0.25) is 9.46 Å². The van der Waals surface area contributed by atoms with E-state index < -0.39 is 7.44 Å². The van der Waals surface area contributed by atoms with Gasteiger partial charge in [-0.25, -0.2) is 0 Å². The fourth-order valence-electron chi connectivity index (χ4n) is 5.17. The van der Waals surface area contributed by atoms with Gasteiger partial charge in [0.05, 0.1) is 11.6 Å². The number of nitrogens with zero attached hydrogens (tertiary/aromatic N) is 4. The SMILES string of the molecule is N#Cc1ccc(C(N2CCCCC2)P2(=O)N(c3ccccc3)CCN2c2ccccc2)cc1. The number of anilines is 2. The summed E-state index contributed by atoms with van der Waals surface area (Å²) in [5, 5.41) is 9.33. The zero-order valence-corrected chi connectivity index (χ0v) is 19.6. The van der Waals surface area contributed by atoms with Gasteiger partial charge in [0, 0.05) is 24.5 Å². The molecular formula is C27H29N4OP. The maximum atomic E-state index is 15.6. The number of piperidine rings is 1. The third kappa shape index (κ3) is 4.06. The summed E-state index contributed by atoms with van der Waals surface area (Å²) in [7, 11) is -3.15. The number of hydrogen-bond donors (Lipinski definition) is 0. The second-order valence-electron chi connectivity index (χ2n) is 8.71. The zero-order chi connectivity index (χ0) is 22.7. The van der Waals surface area contributed by atoms with Gasteiger partial charge in [-0.15, -0.1) is 0 Å². The first-order valence-electron chi connectivity index (χ1n) is 11.7. The first kappa shape index (κ1) is 21.8. The molecule has 0 spiro atoms. The standard InChI is InChI=1S/C27H29N4OP/c28-22-23-14-16-24(17-15-23)27(29-18-8-3-9-19-29)33(32)30(25-10-4-1-5-11-25)20-21-31(33)26-12-6-2-7-13-26/h1-2,4-7,10-17,27H,3,8-9,18-21H2. The Morgan fingerprint density at radius 3 is 1.70 bits per heavy atom. The topological polar surface area (TPSA) is 50.6 Å². The van der Waals surface area contributed by atoms with E-state index in [0.717, 1.165) is 42.9 Å². The van der Waals surface area contributed by atoms with Crippen molar-refractivity contribution in [2.24, 2.45) is 0 Å². The third-order valence-corrected chi connectivity index (χ3v) is 10.2. The van der Waals surface area contributed by atoms with Crippen LogP contribution in [0.5, 0.6) is 0 Å². The van der Waals surface area contributed by atoms with Gasteiger partial charge >= 0.3 is 0 Å². The molecule has 2 aliphatic rings. The number of para-hydroxylation sites is 2. The molecule has 2 saturated heterocycles. The van der Waals surface area contributed by atoms with Crippen LogP contribution in [0, 0.1) is 11.3 Å². The number of likely N-dealkylation sites (tertiary alicyclic amines) is 1. The molecule has 1 atom stereocenters. The van der Waals surface area contributed by atoms with E-state index in [1.807, 2.05) is 60.7 Å². The molecule has 168 valence electrons. The van der Waals surface area contributed by atoms with Crippen LogP contribution in [0.15, 0.2) is 84.9 Å². The molecule has 1 unspecified atom stereocenters. The maximum Gasteiger partial charge on any atom is 0.284 e. The van der Waals surface area contributed by atoms with E-state index in [0.29, 0.717) is 18.7 Å². The molecule has 5 nitrogen and oxygen atoms in total. The summed E-state index contributed by atoms with van der Waals surface area (Å²) >= 11 is 0. The van der Waals surface area contributed by atoms with Crippen LogP contribution in [0.25, 0.3) is 0 Å². The summed E-state index contributed by atoms with van der Waals surface area (Å²) in [5.41, 5.74) is 3.63. The van der Waals surface area contributed by atoms with Crippen LogP contribution in [0.2, 0.25) is 0 Å². The van der Waals surface area contributed by atoms with Crippen LogP contribution in [0.1, 0.15) is 36.2 Å². The van der Waals surface area contributed by atoms with E-state index in [4.69, 9.17) is 0 Å². The Kier molecular flexibility index (Phi) is 6.22. The summed E-state index contributed by atoms with van der Waals surface area (Å²) in [6.07, 6.45) is 3.44. The van der Waals surface area contributed by atoms with Gasteiger partial charge < -0.3 is 9.34 Å². The van der Waals surface area contributed by atoms with Gasteiger partial charge in [0.15, 0.2) is 0 Å². The van der Waals surface area contributed by atoms with Crippen LogP contribution >= 0.6 is 7.44 Å². The van der Waals surface area contributed by atoms with Gasteiger partial charge in [-0.2, -0.15) is 5.26 Å². The lowest BCUT2D eigenvalue weighted by atomic mass is 10.1. The fraction of sp³-hybridized carbons (Fsp3) is 0.296. The second-order valence-corrected chi connectivity index (χ2v) is 11.3. The van der Waals surface area contributed by atoms with Gasteiger partial charge in [0.25, 0.3) is 7.44 Å². The fourth-order valence-corrected chi connectivity index (χ4v) is 8.86. The molecule has 3 aromatic carbocycles. The average molecular weight is 457 g/mol. The number of hydrogen-bond acceptors (Lipinski definition) is 3. The van der Waals surface area contributed by atoms with Crippen molar-refractivity contribution >= 4 is 18.8 Å². The summed E-state index contributed by atoms with van der Waals surface area (Å²) in [6.45, 7) is 3.27. The summed E-state index contributed by atoms with van der Waals surface area (Å²) < 4.78 is 19.9. The Labute approximate surface area is 196 Å². The molecule has 0 saturated carbocycles. The highest BCUT2D eigenvalue weighted by Gasteiger charge is 2.52. The van der Waals surface area contributed by atoms with Crippen molar-refractivity contribution in [3.05, 3.63) is 96.1 Å². The second kappa shape index (κ2) is 9.43. The summed E-state index contributed by atoms with van der Waals surface area (Å²) in [5.74, 6) is -0.270. The minimum atomic E-state index is -3.15. The molecule has 0 bridgehead atoms. The Hall–Kier alpha value is -3.06. The van der Waals surface area contributed by atoms with Gasteiger partial charge in [0.2, 0.25) is 0 Å². The average Bonchev–Trinajstić information content (AvgIpc) is 3.23. The van der Waals surface area contributed by atoms with Crippen LogP contribution in [0.4, 0.5) is 11.4 Å². The van der Waals surface area contributed by atoms with Crippen LogP contribution in [-0.2, 0) is 4.57 Å². The predicted octanol–water partition coefficient (Wildman–Crippen LogP) is 6.26. The van der Waals surface area contributed by atoms with E-state index in [1.165, 1.54) is 6.42 Å². The van der Waals surface area contributed by atoms with E-state index >= 15 is 4.57 Å². The van der Waals surface area contributed by atoms with Crippen LogP contribution in [-0.4, -0.2) is 31.1 Å². The number of nitriles is 1. The Balaban J connectivity index is 1.68. The highest BCUT2D eigenvalue weighted by atomic mass is 31.2. The molecule has 0 N–H and O–H groups in total. The quantitative estimate of drug-likeness (QED) is 0.424. The van der Waals surface area contributed by atoms with Crippen LogP contribution in [0.3, 0.4) is 0 Å². The normalized spacial score (nSPS) is 19.2. The molecule has 0 aromatic heterocycles. The van der Waals surface area contributed by atoms with Gasteiger partial charge in [-0.1, -0.05) is 55.0 Å². The minimum absolute atomic E-state index is 0.270. The molecular weight excluding hydrogens is 427 g/mol. The Morgan fingerprint density at radius 2 is 1.21 bits per heavy atom. The molecule has 3 aromatic rings. The van der Waals surface area contributed by atoms with E-state index in [9.17, 15) is 5.26 Å². The van der Waals surface area contributed by atoms with Crippen molar-refractivity contribution in [1.82, 2.24) is 4.90 Å². The summed E-state index contributed by atoms with van der Waals surface area (Å²) in [6, 6.07) is 30.3. The van der Waals surface area contributed by atoms with Gasteiger partial charge in [-0.05, 0) is 67.9 Å². The lowest BCUT2D eigenvalue weighted by molar-refractivity contribution is 0.206. The molecule has 2 aliphatic heterocycles. The molecule has 0 radical (unpaired) electrons. The Bertz CT molecular complexity index is 1100. The van der Waals surface area contributed by atoms with Crippen molar-refractivity contribution < 1.29 is 4.57 Å². The summed E-state index contributed by atoms with van der Waals surface area (Å²) in [4.78, 5) is 2.42. The molecule has 2 fully saturated rings. The van der Waals surface area contributed by atoms with Crippen molar-refractivity contribution in [2.75, 3.05) is 35.5 Å². The number of benzene rings is 3. The maximum absolute atomic E-state index is 15.6. The zero-order valence-electron chi connectivity index (χ0n) is 18.8. The molecule has 5 rings (SSSR count). The number of rotatable bonds is 5. The first-order chi connectivity index (χ1) is 16.2. The van der Waals surface area contributed by atoms with Crippen molar-refractivity contribution in [3.8, 4) is 6.07 Å². The smallest absolute Gasteiger partial charge is 0.284 e. The predicted molar refractivity (Wildman–Crippen MR) is 135 cm³/mol. The molecule has 0 aliphatic carbocycles. The molecule has 2 heterocycles. The van der Waals surface area contributed by atoms with Crippen molar-refractivity contribution in [1.29, 1.82) is 5.26 Å². The first-order valence-corrected chi connectivity index (χ1v) is 13.4. The van der Waals surface area contributed by atoms with E-state index in [1.54, 1.807) is 0 Å². The highest BCUT2D eigenvalue weighted by molar-refractivity contribution is 7.67. The highest BCUT2D eigenvalue weighted by Crippen LogP contribution is 2.69.